The Morgan fingerprint density at radius 3 is 2.58 bits per heavy atom. The van der Waals surface area contributed by atoms with Gasteiger partial charge < -0.3 is 15.3 Å². The third-order valence-electron chi connectivity index (χ3n) is 3.10. The molecular formula is C19H21FO4. The quantitative estimate of drug-likeness (QED) is 0.505. The summed E-state index contributed by atoms with van der Waals surface area (Å²) in [5, 5.41) is 27.8. The van der Waals surface area contributed by atoms with Crippen LogP contribution in [0.4, 0.5) is 4.39 Å². The minimum absolute atomic E-state index is 0.0171. The van der Waals surface area contributed by atoms with Crippen LogP contribution in [0.1, 0.15) is 24.8 Å². The highest BCUT2D eigenvalue weighted by Gasteiger charge is 2.02. The van der Waals surface area contributed by atoms with Crippen LogP contribution < -0.4 is 0 Å². The van der Waals surface area contributed by atoms with Crippen LogP contribution in [0.15, 0.2) is 48.6 Å². The molecule has 0 spiro atoms. The number of aliphatic hydroxyl groups excluding tert-OH is 2. The van der Waals surface area contributed by atoms with E-state index in [0.717, 1.165) is 5.56 Å². The Bertz CT molecular complexity index is 623. The van der Waals surface area contributed by atoms with Crippen molar-refractivity contribution in [3.8, 4) is 11.8 Å². The summed E-state index contributed by atoms with van der Waals surface area (Å²) in [6.07, 6.45) is 5.96. The minimum atomic E-state index is -0.889. The van der Waals surface area contributed by atoms with Gasteiger partial charge in [0.15, 0.2) is 0 Å². The van der Waals surface area contributed by atoms with Crippen LogP contribution in [-0.4, -0.2) is 33.5 Å². The number of aliphatic hydroxyl groups is 2. The van der Waals surface area contributed by atoms with Gasteiger partial charge in [-0.25, -0.2) is 4.39 Å². The average Bonchev–Trinajstić information content (AvgIpc) is 2.52. The van der Waals surface area contributed by atoms with Crippen molar-refractivity contribution in [3.05, 3.63) is 60.0 Å². The first-order valence-electron chi connectivity index (χ1n) is 7.64. The van der Waals surface area contributed by atoms with Crippen molar-refractivity contribution in [1.82, 2.24) is 0 Å². The molecule has 0 aliphatic heterocycles. The van der Waals surface area contributed by atoms with Gasteiger partial charge in [0.05, 0.1) is 6.10 Å². The summed E-state index contributed by atoms with van der Waals surface area (Å²) < 4.78 is 12.8. The molecule has 128 valence electrons. The molecule has 0 saturated carbocycles. The van der Waals surface area contributed by atoms with E-state index in [1.54, 1.807) is 30.4 Å². The number of carboxylic acids is 1. The minimum Gasteiger partial charge on any atom is -0.481 e. The Hall–Kier alpha value is -2.42. The number of carboxylic acid groups (broad SMARTS) is 1. The summed E-state index contributed by atoms with van der Waals surface area (Å²) in [6.45, 7) is 0. The molecule has 1 rings (SSSR count). The first-order chi connectivity index (χ1) is 11.5. The second kappa shape index (κ2) is 11.2. The molecule has 3 N–H and O–H groups in total. The molecule has 1 aromatic carbocycles. The third-order valence-corrected chi connectivity index (χ3v) is 3.10. The normalized spacial score (nSPS) is 13.6. The molecule has 4 nitrogen and oxygen atoms in total. The lowest BCUT2D eigenvalue weighted by atomic mass is 10.1. The molecule has 5 heteroatoms. The smallest absolute Gasteiger partial charge is 0.303 e. The summed E-state index contributed by atoms with van der Waals surface area (Å²) in [4.78, 5) is 10.3. The molecule has 0 unspecified atom stereocenters. The monoisotopic (exact) mass is 332 g/mol. The fraction of sp³-hybridized carbons (Fsp3) is 0.316. The Balaban J connectivity index is 2.30. The van der Waals surface area contributed by atoms with Crippen molar-refractivity contribution >= 4 is 5.97 Å². The van der Waals surface area contributed by atoms with E-state index in [0.29, 0.717) is 19.3 Å². The lowest BCUT2D eigenvalue weighted by Crippen LogP contribution is -2.06. The third kappa shape index (κ3) is 9.57. The van der Waals surface area contributed by atoms with E-state index in [9.17, 15) is 19.4 Å². The standard InChI is InChI=1S/C19H21FO4/c20-16-12-10-15(11-13-16)14-18(22)7-4-2-1-3-6-17(21)8-5-9-19(23)24/h1-2,4,7,10-13,17-18,21-22H,5,8-9,14H2,(H,23,24)/b2-1+,7-4+/t17-,18+/m1/s1. The van der Waals surface area contributed by atoms with E-state index in [4.69, 9.17) is 5.11 Å². The SMILES string of the molecule is O=C(O)CCC[C@H](O)C#C/C=C/C=C/[C@H](O)Cc1ccc(F)cc1. The topological polar surface area (TPSA) is 77.8 Å². The van der Waals surface area contributed by atoms with Crippen LogP contribution in [0.25, 0.3) is 0 Å². The molecule has 0 aliphatic rings. The van der Waals surface area contributed by atoms with Crippen LogP contribution in [0.3, 0.4) is 0 Å². The summed E-state index contributed by atoms with van der Waals surface area (Å²) >= 11 is 0. The van der Waals surface area contributed by atoms with Gasteiger partial charge in [0.2, 0.25) is 0 Å². The maximum absolute atomic E-state index is 12.8. The second-order valence-electron chi connectivity index (χ2n) is 5.23. The summed E-state index contributed by atoms with van der Waals surface area (Å²) in [5.74, 6) is 4.03. The molecular weight excluding hydrogens is 311 g/mol. The lowest BCUT2D eigenvalue weighted by Gasteiger charge is -2.04. The van der Waals surface area contributed by atoms with Gasteiger partial charge in [-0.15, -0.1) is 0 Å². The van der Waals surface area contributed by atoms with Gasteiger partial charge in [0.1, 0.15) is 11.9 Å². The molecule has 0 aliphatic carbocycles. The van der Waals surface area contributed by atoms with E-state index >= 15 is 0 Å². The molecule has 1 aromatic rings. The van der Waals surface area contributed by atoms with E-state index in [1.165, 1.54) is 18.2 Å². The fourth-order valence-electron chi connectivity index (χ4n) is 1.89. The van der Waals surface area contributed by atoms with Gasteiger partial charge in [-0.05, 0) is 36.6 Å². The average molecular weight is 332 g/mol. The molecule has 2 atom stereocenters. The number of allylic oxidation sites excluding steroid dienone is 3. The van der Waals surface area contributed by atoms with Gasteiger partial charge in [0.25, 0.3) is 0 Å². The van der Waals surface area contributed by atoms with Crippen LogP contribution in [-0.2, 0) is 11.2 Å². The van der Waals surface area contributed by atoms with Crippen molar-refractivity contribution in [3.63, 3.8) is 0 Å². The van der Waals surface area contributed by atoms with E-state index < -0.39 is 18.2 Å². The molecule has 24 heavy (non-hydrogen) atoms. The van der Waals surface area contributed by atoms with Gasteiger partial charge in [-0.1, -0.05) is 42.2 Å². The Labute approximate surface area is 141 Å². The van der Waals surface area contributed by atoms with E-state index in [2.05, 4.69) is 11.8 Å². The van der Waals surface area contributed by atoms with Crippen LogP contribution >= 0.6 is 0 Å². The van der Waals surface area contributed by atoms with Gasteiger partial charge in [-0.3, -0.25) is 4.79 Å². The van der Waals surface area contributed by atoms with Crippen molar-refractivity contribution in [2.75, 3.05) is 0 Å². The maximum atomic E-state index is 12.8. The zero-order valence-corrected chi connectivity index (χ0v) is 13.2. The van der Waals surface area contributed by atoms with Gasteiger partial charge in [0, 0.05) is 12.8 Å². The highest BCUT2D eigenvalue weighted by Crippen LogP contribution is 2.06. The summed E-state index contributed by atoms with van der Waals surface area (Å²) in [6, 6.07) is 5.95. The first-order valence-corrected chi connectivity index (χ1v) is 7.64. The second-order valence-corrected chi connectivity index (χ2v) is 5.23. The van der Waals surface area contributed by atoms with E-state index in [-0.39, 0.29) is 12.2 Å². The number of aliphatic carboxylic acids is 1. The largest absolute Gasteiger partial charge is 0.481 e. The molecule has 0 saturated heterocycles. The molecule has 0 amide bonds. The fourth-order valence-corrected chi connectivity index (χ4v) is 1.89. The van der Waals surface area contributed by atoms with Crippen molar-refractivity contribution < 1.29 is 24.5 Å². The number of benzene rings is 1. The molecule has 0 radical (unpaired) electrons. The number of hydrogen-bond donors (Lipinski definition) is 3. The highest BCUT2D eigenvalue weighted by atomic mass is 19.1. The predicted molar refractivity (Wildman–Crippen MR) is 89.7 cm³/mol. The summed E-state index contributed by atoms with van der Waals surface area (Å²) in [5.41, 5.74) is 0.835. The number of halogens is 1. The highest BCUT2D eigenvalue weighted by molar-refractivity contribution is 5.66. The van der Waals surface area contributed by atoms with Crippen molar-refractivity contribution in [2.45, 2.75) is 37.9 Å². The number of carbonyl (C=O) groups is 1. The number of rotatable bonds is 8. The van der Waals surface area contributed by atoms with Crippen LogP contribution in [0.5, 0.6) is 0 Å². The van der Waals surface area contributed by atoms with E-state index in [1.807, 2.05) is 0 Å². The van der Waals surface area contributed by atoms with Crippen molar-refractivity contribution in [1.29, 1.82) is 0 Å². The summed E-state index contributed by atoms with van der Waals surface area (Å²) in [7, 11) is 0. The molecule has 0 bridgehead atoms. The Morgan fingerprint density at radius 2 is 1.92 bits per heavy atom. The van der Waals surface area contributed by atoms with Crippen LogP contribution in [0, 0.1) is 17.7 Å². The zero-order chi connectivity index (χ0) is 17.8. The van der Waals surface area contributed by atoms with Crippen LogP contribution in [0.2, 0.25) is 0 Å². The first kappa shape index (κ1) is 19.6. The molecule has 0 aromatic heterocycles. The lowest BCUT2D eigenvalue weighted by molar-refractivity contribution is -0.137. The Kier molecular flexibility index (Phi) is 9.13. The zero-order valence-electron chi connectivity index (χ0n) is 13.2. The molecule has 0 heterocycles. The Morgan fingerprint density at radius 1 is 1.21 bits per heavy atom. The predicted octanol–water partition coefficient (Wildman–Crippen LogP) is 2.46. The maximum Gasteiger partial charge on any atom is 0.303 e. The molecule has 0 fully saturated rings. The van der Waals surface area contributed by atoms with Gasteiger partial charge >= 0.3 is 5.97 Å². The number of hydrogen-bond acceptors (Lipinski definition) is 3. The van der Waals surface area contributed by atoms with Gasteiger partial charge in [-0.2, -0.15) is 0 Å². The van der Waals surface area contributed by atoms with Crippen molar-refractivity contribution in [2.24, 2.45) is 0 Å².